The third kappa shape index (κ3) is 3.75. The summed E-state index contributed by atoms with van der Waals surface area (Å²) in [5, 5.41) is 4.96. The predicted octanol–water partition coefficient (Wildman–Crippen LogP) is 4.30. The second kappa shape index (κ2) is 7.40. The fourth-order valence-electron chi connectivity index (χ4n) is 3.10. The Kier molecular flexibility index (Phi) is 5.03. The van der Waals surface area contributed by atoms with E-state index < -0.39 is 12.0 Å². The summed E-state index contributed by atoms with van der Waals surface area (Å²) < 4.78 is 5.47. The lowest BCUT2D eigenvalue weighted by Crippen LogP contribution is -2.27. The molecule has 1 unspecified atom stereocenters. The Morgan fingerprint density at radius 2 is 1.62 bits per heavy atom. The number of amides is 1. The Hall–Kier alpha value is -3.14. The molecule has 0 aliphatic rings. The third-order valence-corrected chi connectivity index (χ3v) is 4.23. The Balaban J connectivity index is 2.26. The average molecular weight is 347 g/mol. The molecule has 0 fully saturated rings. The number of ether oxygens (including phenoxy) is 1. The van der Waals surface area contributed by atoms with E-state index in [9.17, 15) is 9.59 Å². The highest BCUT2D eigenvalue weighted by Crippen LogP contribution is 2.36. The molecular formula is C22H21NO3. The molecule has 0 aliphatic carbocycles. The molecule has 0 spiro atoms. The number of rotatable bonds is 4. The lowest BCUT2D eigenvalue weighted by molar-refractivity contribution is -0.131. The number of esters is 1. The molecule has 0 aliphatic heterocycles. The molecule has 3 aromatic carbocycles. The molecular weight excluding hydrogens is 326 g/mol. The van der Waals surface area contributed by atoms with Crippen LogP contribution < -0.4 is 10.1 Å². The van der Waals surface area contributed by atoms with Crippen LogP contribution in [0, 0.1) is 6.92 Å². The molecule has 0 aromatic heterocycles. The summed E-state index contributed by atoms with van der Waals surface area (Å²) in [5.74, 6) is -0.0974. The van der Waals surface area contributed by atoms with Gasteiger partial charge in [-0.3, -0.25) is 9.59 Å². The predicted molar refractivity (Wildman–Crippen MR) is 102 cm³/mol. The van der Waals surface area contributed by atoms with E-state index in [2.05, 4.69) is 5.32 Å². The van der Waals surface area contributed by atoms with Crippen LogP contribution in [0.25, 0.3) is 10.8 Å². The van der Waals surface area contributed by atoms with Gasteiger partial charge in [-0.25, -0.2) is 0 Å². The molecule has 0 saturated carbocycles. The van der Waals surface area contributed by atoms with Crippen molar-refractivity contribution in [2.24, 2.45) is 0 Å². The fraction of sp³-hybridized carbons (Fsp3) is 0.182. The average Bonchev–Trinajstić information content (AvgIpc) is 2.60. The van der Waals surface area contributed by atoms with Crippen LogP contribution in [0.2, 0.25) is 0 Å². The molecule has 3 rings (SSSR count). The summed E-state index contributed by atoms with van der Waals surface area (Å²) in [6, 6.07) is 19.1. The van der Waals surface area contributed by atoms with Crippen molar-refractivity contribution in [2.75, 3.05) is 0 Å². The van der Waals surface area contributed by atoms with Crippen molar-refractivity contribution in [1.82, 2.24) is 5.32 Å². The quantitative estimate of drug-likeness (QED) is 0.565. The smallest absolute Gasteiger partial charge is 0.308 e. The van der Waals surface area contributed by atoms with Gasteiger partial charge in [0.25, 0.3) is 0 Å². The standard InChI is InChI=1S/C22H21NO3/c1-14-8-10-18(11-9-14)22(23-15(2)24)21-19-7-5-4-6-17(19)12-13-20(21)26-16(3)25/h4-13,22H,1-3H3,(H,23,24). The SMILES string of the molecule is CC(=O)NC(c1ccc(C)cc1)c1c(OC(C)=O)ccc2ccccc12. The maximum absolute atomic E-state index is 11.9. The van der Waals surface area contributed by atoms with Crippen molar-refractivity contribution in [2.45, 2.75) is 26.8 Å². The minimum atomic E-state index is -0.423. The van der Waals surface area contributed by atoms with Crippen LogP contribution in [0.3, 0.4) is 0 Å². The van der Waals surface area contributed by atoms with Gasteiger partial charge in [-0.1, -0.05) is 60.2 Å². The van der Waals surface area contributed by atoms with Crippen LogP contribution in [0.15, 0.2) is 60.7 Å². The molecule has 4 heteroatoms. The first-order valence-corrected chi connectivity index (χ1v) is 8.49. The molecule has 132 valence electrons. The molecule has 1 atom stereocenters. The van der Waals surface area contributed by atoms with Crippen molar-refractivity contribution in [1.29, 1.82) is 0 Å². The molecule has 0 radical (unpaired) electrons. The number of hydrogen-bond acceptors (Lipinski definition) is 3. The van der Waals surface area contributed by atoms with Gasteiger partial charge in [-0.2, -0.15) is 0 Å². The maximum atomic E-state index is 11.9. The van der Waals surface area contributed by atoms with Crippen molar-refractivity contribution >= 4 is 22.6 Å². The second-order valence-electron chi connectivity index (χ2n) is 6.34. The number of carbonyl (C=O) groups excluding carboxylic acids is 2. The number of nitrogens with one attached hydrogen (secondary N) is 1. The number of hydrogen-bond donors (Lipinski definition) is 1. The van der Waals surface area contributed by atoms with Gasteiger partial charge in [0.1, 0.15) is 5.75 Å². The highest BCUT2D eigenvalue weighted by atomic mass is 16.5. The Morgan fingerprint density at radius 3 is 2.27 bits per heavy atom. The lowest BCUT2D eigenvalue weighted by Gasteiger charge is -2.23. The van der Waals surface area contributed by atoms with Crippen LogP contribution >= 0.6 is 0 Å². The zero-order valence-electron chi connectivity index (χ0n) is 15.1. The van der Waals surface area contributed by atoms with E-state index in [0.717, 1.165) is 27.5 Å². The van der Waals surface area contributed by atoms with Gasteiger partial charge < -0.3 is 10.1 Å². The van der Waals surface area contributed by atoms with Crippen LogP contribution in [0.4, 0.5) is 0 Å². The normalized spacial score (nSPS) is 11.8. The number of carbonyl (C=O) groups is 2. The number of aryl methyl sites for hydroxylation is 1. The summed E-state index contributed by atoms with van der Waals surface area (Å²) in [6.45, 7) is 4.87. The first kappa shape index (κ1) is 17.7. The summed E-state index contributed by atoms with van der Waals surface area (Å²) >= 11 is 0. The summed E-state index contributed by atoms with van der Waals surface area (Å²) in [6.07, 6.45) is 0. The molecule has 1 N–H and O–H groups in total. The van der Waals surface area contributed by atoms with Crippen molar-refractivity contribution in [3.63, 3.8) is 0 Å². The second-order valence-corrected chi connectivity index (χ2v) is 6.34. The van der Waals surface area contributed by atoms with Crippen molar-refractivity contribution in [3.05, 3.63) is 77.4 Å². The van der Waals surface area contributed by atoms with Crippen LogP contribution in [0.1, 0.15) is 36.6 Å². The minimum Gasteiger partial charge on any atom is -0.426 e. The van der Waals surface area contributed by atoms with E-state index in [0.29, 0.717) is 5.75 Å². The highest BCUT2D eigenvalue weighted by molar-refractivity contribution is 5.90. The van der Waals surface area contributed by atoms with E-state index >= 15 is 0 Å². The zero-order valence-corrected chi connectivity index (χ0v) is 15.1. The topological polar surface area (TPSA) is 55.4 Å². The summed E-state index contributed by atoms with van der Waals surface area (Å²) in [7, 11) is 0. The zero-order chi connectivity index (χ0) is 18.7. The molecule has 0 saturated heterocycles. The molecule has 0 heterocycles. The van der Waals surface area contributed by atoms with Crippen LogP contribution in [-0.2, 0) is 9.59 Å². The van der Waals surface area contributed by atoms with E-state index in [1.165, 1.54) is 13.8 Å². The van der Waals surface area contributed by atoms with Gasteiger partial charge >= 0.3 is 5.97 Å². The van der Waals surface area contributed by atoms with Crippen LogP contribution in [-0.4, -0.2) is 11.9 Å². The van der Waals surface area contributed by atoms with Gasteiger partial charge in [-0.05, 0) is 29.3 Å². The van der Waals surface area contributed by atoms with Gasteiger partial charge in [0.15, 0.2) is 0 Å². The van der Waals surface area contributed by atoms with E-state index in [-0.39, 0.29) is 5.91 Å². The number of benzene rings is 3. The molecule has 4 nitrogen and oxygen atoms in total. The van der Waals surface area contributed by atoms with Crippen molar-refractivity contribution < 1.29 is 14.3 Å². The molecule has 1 amide bonds. The molecule has 0 bridgehead atoms. The Bertz CT molecular complexity index is 961. The van der Waals surface area contributed by atoms with Gasteiger partial charge in [0.05, 0.1) is 6.04 Å². The van der Waals surface area contributed by atoms with Crippen LogP contribution in [0.5, 0.6) is 5.75 Å². The van der Waals surface area contributed by atoms with Gasteiger partial charge in [0.2, 0.25) is 5.91 Å². The largest absolute Gasteiger partial charge is 0.426 e. The van der Waals surface area contributed by atoms with Gasteiger partial charge in [0, 0.05) is 19.4 Å². The molecule has 3 aromatic rings. The third-order valence-electron chi connectivity index (χ3n) is 4.23. The first-order valence-electron chi connectivity index (χ1n) is 8.49. The Labute approximate surface area is 152 Å². The number of fused-ring (bicyclic) bond motifs is 1. The summed E-state index contributed by atoms with van der Waals surface area (Å²) in [5.41, 5.74) is 2.83. The van der Waals surface area contributed by atoms with Crippen molar-refractivity contribution in [3.8, 4) is 5.75 Å². The maximum Gasteiger partial charge on any atom is 0.308 e. The highest BCUT2D eigenvalue weighted by Gasteiger charge is 2.23. The van der Waals surface area contributed by atoms with E-state index in [1.807, 2.05) is 61.5 Å². The lowest BCUT2D eigenvalue weighted by atomic mass is 9.92. The fourth-order valence-corrected chi connectivity index (χ4v) is 3.10. The minimum absolute atomic E-state index is 0.155. The van der Waals surface area contributed by atoms with E-state index in [4.69, 9.17) is 4.74 Å². The monoisotopic (exact) mass is 347 g/mol. The first-order chi connectivity index (χ1) is 12.5. The molecule has 26 heavy (non-hydrogen) atoms. The van der Waals surface area contributed by atoms with E-state index in [1.54, 1.807) is 6.07 Å². The van der Waals surface area contributed by atoms with Gasteiger partial charge in [-0.15, -0.1) is 0 Å². The Morgan fingerprint density at radius 1 is 0.923 bits per heavy atom. The summed E-state index contributed by atoms with van der Waals surface area (Å²) in [4.78, 5) is 23.5.